The van der Waals surface area contributed by atoms with Crippen LogP contribution in [0.25, 0.3) is 11.3 Å². The summed E-state index contributed by atoms with van der Waals surface area (Å²) in [5.74, 6) is 0.985. The Morgan fingerprint density at radius 3 is 2.67 bits per heavy atom. The van der Waals surface area contributed by atoms with Gasteiger partial charge in [-0.1, -0.05) is 41.9 Å². The average molecular weight is 327 g/mol. The van der Waals surface area contributed by atoms with Gasteiger partial charge in [-0.3, -0.25) is 0 Å². The maximum absolute atomic E-state index is 5.48. The Labute approximate surface area is 145 Å². The van der Waals surface area contributed by atoms with E-state index in [1.807, 2.05) is 18.2 Å². The molecule has 0 amide bonds. The molecule has 0 atom stereocenters. The predicted octanol–water partition coefficient (Wildman–Crippen LogP) is 3.69. The van der Waals surface area contributed by atoms with Gasteiger partial charge in [0.1, 0.15) is 11.5 Å². The fraction of sp³-hybridized carbons (Fsp3) is 0.550. The van der Waals surface area contributed by atoms with Crippen molar-refractivity contribution in [3.63, 3.8) is 0 Å². The van der Waals surface area contributed by atoms with Gasteiger partial charge in [0, 0.05) is 31.1 Å². The van der Waals surface area contributed by atoms with E-state index >= 15 is 0 Å². The molecule has 1 aromatic carbocycles. The molecule has 0 radical (unpaired) electrons. The number of rotatable bonds is 8. The Balaban J connectivity index is 1.36. The monoisotopic (exact) mass is 327 g/mol. The first-order chi connectivity index (χ1) is 11.8. The molecular weight excluding hydrogens is 298 g/mol. The molecule has 0 aliphatic carbocycles. The first kappa shape index (κ1) is 17.2. The van der Waals surface area contributed by atoms with Crippen molar-refractivity contribution in [3.8, 4) is 11.3 Å². The zero-order chi connectivity index (χ0) is 16.6. The Morgan fingerprint density at radius 2 is 1.88 bits per heavy atom. The fourth-order valence-electron chi connectivity index (χ4n) is 3.31. The van der Waals surface area contributed by atoms with E-state index in [-0.39, 0.29) is 0 Å². The van der Waals surface area contributed by atoms with Gasteiger partial charge in [-0.05, 0) is 45.9 Å². The highest BCUT2D eigenvalue weighted by atomic mass is 16.5. The number of aryl methyl sites for hydroxylation is 1. The number of nitrogens with zero attached hydrogens (tertiary/aromatic N) is 3. The lowest BCUT2D eigenvalue weighted by Gasteiger charge is -2.28. The molecule has 2 aromatic rings. The summed E-state index contributed by atoms with van der Waals surface area (Å²) in [4.78, 5) is 5.03. The third-order valence-corrected chi connectivity index (χ3v) is 4.84. The van der Waals surface area contributed by atoms with Crippen molar-refractivity contribution in [2.75, 3.05) is 39.8 Å². The third-order valence-electron chi connectivity index (χ3n) is 4.84. The lowest BCUT2D eigenvalue weighted by atomic mass is 10.1. The molecule has 4 heteroatoms. The molecule has 130 valence electrons. The number of aromatic nitrogens is 1. The van der Waals surface area contributed by atoms with Crippen molar-refractivity contribution in [1.29, 1.82) is 0 Å². The summed E-state index contributed by atoms with van der Waals surface area (Å²) in [7, 11) is 2.22. The van der Waals surface area contributed by atoms with Crippen LogP contribution in [0.1, 0.15) is 31.4 Å². The molecule has 4 nitrogen and oxygen atoms in total. The van der Waals surface area contributed by atoms with E-state index in [1.165, 1.54) is 38.9 Å². The average Bonchev–Trinajstić information content (AvgIpc) is 3.11. The van der Waals surface area contributed by atoms with Crippen LogP contribution >= 0.6 is 0 Å². The molecule has 0 saturated carbocycles. The molecule has 0 bridgehead atoms. The lowest BCUT2D eigenvalue weighted by molar-refractivity contribution is 0.195. The maximum atomic E-state index is 5.48. The van der Waals surface area contributed by atoms with Gasteiger partial charge >= 0.3 is 0 Å². The van der Waals surface area contributed by atoms with Gasteiger partial charge in [0.05, 0.1) is 0 Å². The first-order valence-corrected chi connectivity index (χ1v) is 9.23. The van der Waals surface area contributed by atoms with E-state index in [0.717, 1.165) is 42.9 Å². The van der Waals surface area contributed by atoms with Crippen LogP contribution in [0.4, 0.5) is 0 Å². The molecule has 1 aliphatic heterocycles. The molecule has 0 spiro atoms. The van der Waals surface area contributed by atoms with Crippen molar-refractivity contribution >= 4 is 0 Å². The van der Waals surface area contributed by atoms with Gasteiger partial charge in [0.2, 0.25) is 0 Å². The van der Waals surface area contributed by atoms with Crippen LogP contribution in [-0.4, -0.2) is 54.7 Å². The number of benzene rings is 1. The van der Waals surface area contributed by atoms with Crippen LogP contribution in [0.15, 0.2) is 40.9 Å². The molecule has 1 aromatic heterocycles. The number of hydrogen-bond donors (Lipinski definition) is 0. The predicted molar refractivity (Wildman–Crippen MR) is 98.0 cm³/mol. The van der Waals surface area contributed by atoms with E-state index in [0.29, 0.717) is 0 Å². The minimum atomic E-state index is 0.934. The third kappa shape index (κ3) is 5.18. The number of likely N-dealkylation sites (N-methyl/N-ethyl adjacent to an activating group) is 1. The summed E-state index contributed by atoms with van der Waals surface area (Å²) in [6, 6.07) is 12.3. The van der Waals surface area contributed by atoms with Crippen LogP contribution in [0.2, 0.25) is 0 Å². The van der Waals surface area contributed by atoms with Crippen molar-refractivity contribution < 1.29 is 4.52 Å². The summed E-state index contributed by atoms with van der Waals surface area (Å²) in [6.07, 6.45) is 6.22. The van der Waals surface area contributed by atoms with Gasteiger partial charge < -0.3 is 14.3 Å². The molecule has 0 unspecified atom stereocenters. The van der Waals surface area contributed by atoms with Gasteiger partial charge in [0.15, 0.2) is 0 Å². The second-order valence-electron chi connectivity index (χ2n) is 6.85. The number of piperidine rings is 1. The van der Waals surface area contributed by atoms with Crippen LogP contribution in [-0.2, 0) is 6.42 Å². The summed E-state index contributed by atoms with van der Waals surface area (Å²) in [6.45, 7) is 6.04. The quantitative estimate of drug-likeness (QED) is 0.740. The van der Waals surface area contributed by atoms with Crippen LogP contribution in [0.5, 0.6) is 0 Å². The van der Waals surface area contributed by atoms with Gasteiger partial charge in [-0.25, -0.2) is 0 Å². The SMILES string of the molecule is CN(CCCc1cc(-c2ccccc2)no1)CCN1CCCCC1. The molecular formula is C20H29N3O. The smallest absolute Gasteiger partial charge is 0.137 e. The van der Waals surface area contributed by atoms with Crippen LogP contribution in [0.3, 0.4) is 0 Å². The number of likely N-dealkylation sites (tertiary alicyclic amines) is 1. The van der Waals surface area contributed by atoms with Gasteiger partial charge in [-0.2, -0.15) is 0 Å². The molecule has 1 saturated heterocycles. The van der Waals surface area contributed by atoms with Crippen molar-refractivity contribution in [1.82, 2.24) is 15.0 Å². The minimum absolute atomic E-state index is 0.934. The zero-order valence-electron chi connectivity index (χ0n) is 14.8. The van der Waals surface area contributed by atoms with E-state index in [4.69, 9.17) is 4.52 Å². The second kappa shape index (κ2) is 9.00. The van der Waals surface area contributed by atoms with Crippen LogP contribution < -0.4 is 0 Å². The van der Waals surface area contributed by atoms with Crippen molar-refractivity contribution in [2.45, 2.75) is 32.1 Å². The standard InChI is InChI=1S/C20H29N3O/c1-22(15-16-23-13-6-3-7-14-23)12-8-11-19-17-20(21-24-19)18-9-4-2-5-10-18/h2,4-5,9-10,17H,3,6-8,11-16H2,1H3. The summed E-state index contributed by atoms with van der Waals surface area (Å²) < 4.78 is 5.48. The highest BCUT2D eigenvalue weighted by Crippen LogP contribution is 2.19. The zero-order valence-corrected chi connectivity index (χ0v) is 14.8. The molecule has 1 aliphatic rings. The highest BCUT2D eigenvalue weighted by Gasteiger charge is 2.11. The topological polar surface area (TPSA) is 32.5 Å². The first-order valence-electron chi connectivity index (χ1n) is 9.23. The van der Waals surface area contributed by atoms with Crippen LogP contribution in [0, 0.1) is 0 Å². The second-order valence-corrected chi connectivity index (χ2v) is 6.85. The Morgan fingerprint density at radius 1 is 1.08 bits per heavy atom. The Bertz CT molecular complexity index is 590. The van der Waals surface area contributed by atoms with Crippen molar-refractivity contribution in [2.24, 2.45) is 0 Å². The van der Waals surface area contributed by atoms with E-state index < -0.39 is 0 Å². The number of hydrogen-bond acceptors (Lipinski definition) is 4. The highest BCUT2D eigenvalue weighted by molar-refractivity contribution is 5.58. The van der Waals surface area contributed by atoms with Gasteiger partial charge in [0.25, 0.3) is 0 Å². The molecule has 1 fully saturated rings. The molecule has 3 rings (SSSR count). The maximum Gasteiger partial charge on any atom is 0.137 e. The molecule has 24 heavy (non-hydrogen) atoms. The summed E-state index contributed by atoms with van der Waals surface area (Å²) >= 11 is 0. The minimum Gasteiger partial charge on any atom is -0.361 e. The van der Waals surface area contributed by atoms with Gasteiger partial charge in [-0.15, -0.1) is 0 Å². The normalized spacial score (nSPS) is 15.9. The fourth-order valence-corrected chi connectivity index (χ4v) is 3.31. The summed E-state index contributed by atoms with van der Waals surface area (Å²) in [5.41, 5.74) is 2.05. The largest absolute Gasteiger partial charge is 0.361 e. The molecule has 2 heterocycles. The van der Waals surface area contributed by atoms with Crippen molar-refractivity contribution in [3.05, 3.63) is 42.2 Å². The Kier molecular flexibility index (Phi) is 6.44. The van der Waals surface area contributed by atoms with E-state index in [2.05, 4.69) is 40.2 Å². The molecule has 0 N–H and O–H groups in total. The van der Waals surface area contributed by atoms with E-state index in [9.17, 15) is 0 Å². The summed E-state index contributed by atoms with van der Waals surface area (Å²) in [5, 5.41) is 4.19. The Hall–Kier alpha value is -1.65. The lowest BCUT2D eigenvalue weighted by Crippen LogP contribution is -2.36. The van der Waals surface area contributed by atoms with E-state index in [1.54, 1.807) is 0 Å².